The quantitative estimate of drug-likeness (QED) is 0.472. The molecule has 1 heterocycles. The predicted molar refractivity (Wildman–Crippen MR) is 127 cm³/mol. The summed E-state index contributed by atoms with van der Waals surface area (Å²) in [7, 11) is 2.69. The fraction of sp³-hybridized carbons (Fsp3) is 0.227. The third-order valence-electron chi connectivity index (χ3n) is 4.69. The Morgan fingerprint density at radius 2 is 1.94 bits per heavy atom. The van der Waals surface area contributed by atoms with Crippen molar-refractivity contribution in [1.29, 1.82) is 0 Å². The Labute approximate surface area is 198 Å². The van der Waals surface area contributed by atoms with Gasteiger partial charge in [-0.15, -0.1) is 11.3 Å². The minimum Gasteiger partial charge on any atom is -0.493 e. The van der Waals surface area contributed by atoms with Crippen LogP contribution in [0.4, 0.5) is 5.69 Å². The number of benzene rings is 2. The van der Waals surface area contributed by atoms with Crippen LogP contribution in [0.25, 0.3) is 0 Å². The van der Waals surface area contributed by atoms with Crippen molar-refractivity contribution in [3.05, 3.63) is 69.4 Å². The molecule has 3 rings (SSSR count). The minimum absolute atomic E-state index is 0.205. The molecule has 0 saturated heterocycles. The van der Waals surface area contributed by atoms with E-state index in [1.165, 1.54) is 36.9 Å². The zero-order valence-corrected chi connectivity index (χ0v) is 20.1. The van der Waals surface area contributed by atoms with E-state index >= 15 is 0 Å². The van der Waals surface area contributed by atoms with Gasteiger partial charge in [0.1, 0.15) is 12.6 Å². The summed E-state index contributed by atoms with van der Waals surface area (Å²) in [6, 6.07) is 13.4. The van der Waals surface area contributed by atoms with Crippen molar-refractivity contribution in [1.82, 2.24) is 5.32 Å². The number of hydrogen-bond donors (Lipinski definition) is 2. The monoisotopic (exact) mass is 494 g/mol. The molecule has 1 amide bonds. The first-order valence-electron chi connectivity index (χ1n) is 9.52. The van der Waals surface area contributed by atoms with Crippen LogP contribution in [-0.2, 0) is 15.8 Å². The second kappa shape index (κ2) is 10.8. The van der Waals surface area contributed by atoms with Gasteiger partial charge in [-0.1, -0.05) is 17.7 Å². The molecule has 0 aliphatic rings. The third kappa shape index (κ3) is 5.24. The first-order chi connectivity index (χ1) is 15.4. The zero-order valence-electron chi connectivity index (χ0n) is 17.7. The average Bonchev–Trinajstić information content (AvgIpc) is 3.36. The molecule has 0 aliphatic carbocycles. The van der Waals surface area contributed by atoms with Crippen molar-refractivity contribution < 1.29 is 23.6 Å². The molecule has 170 valence electrons. The number of halogens is 1. The Balaban J connectivity index is 2.11. The lowest BCUT2D eigenvalue weighted by Crippen LogP contribution is -2.37. The molecule has 7 nitrogen and oxygen atoms in total. The van der Waals surface area contributed by atoms with E-state index in [9.17, 15) is 14.1 Å². The molecule has 0 spiro atoms. The summed E-state index contributed by atoms with van der Waals surface area (Å²) >= 11 is 7.60. The molecular formula is C22H23ClN2O5S2. The number of aliphatic hydroxyl groups is 1. The van der Waals surface area contributed by atoms with E-state index in [2.05, 4.69) is 5.32 Å². The lowest BCUT2D eigenvalue weighted by atomic mass is 10.1. The topological polar surface area (TPSA) is 88.1 Å². The predicted octanol–water partition coefficient (Wildman–Crippen LogP) is 3.78. The van der Waals surface area contributed by atoms with E-state index in [0.717, 1.165) is 0 Å². The van der Waals surface area contributed by atoms with Crippen LogP contribution >= 0.6 is 22.9 Å². The molecule has 2 aromatic carbocycles. The standard InChI is InChI=1S/C22H23ClN2O5S2/c1-24-21(26)13-25(32(28)15-7-9-18(29-2)19(12-15)30-3)17-8-6-14(23)11-16(17)22(27)20-5-4-10-31-20/h4-12,22,27H,13H2,1-3H3,(H,24,26). The van der Waals surface area contributed by atoms with Gasteiger partial charge < -0.3 is 19.9 Å². The van der Waals surface area contributed by atoms with Crippen LogP contribution < -0.4 is 19.1 Å². The van der Waals surface area contributed by atoms with Gasteiger partial charge in [-0.25, -0.2) is 4.21 Å². The van der Waals surface area contributed by atoms with Crippen LogP contribution in [0, 0.1) is 0 Å². The molecule has 32 heavy (non-hydrogen) atoms. The Hall–Kier alpha value is -2.59. The number of carbonyl (C=O) groups is 1. The maximum Gasteiger partial charge on any atom is 0.240 e. The van der Waals surface area contributed by atoms with Crippen LogP contribution in [0.15, 0.2) is 58.8 Å². The fourth-order valence-electron chi connectivity index (χ4n) is 3.07. The van der Waals surface area contributed by atoms with Gasteiger partial charge in [0.2, 0.25) is 5.91 Å². The number of nitrogens with zero attached hydrogens (tertiary/aromatic N) is 1. The molecule has 1 aromatic heterocycles. The van der Waals surface area contributed by atoms with E-state index in [1.807, 2.05) is 11.4 Å². The molecule has 3 aromatic rings. The molecule has 0 radical (unpaired) electrons. The van der Waals surface area contributed by atoms with Crippen LogP contribution in [-0.4, -0.2) is 43.0 Å². The summed E-state index contributed by atoms with van der Waals surface area (Å²) in [5.74, 6) is 0.560. The maximum absolute atomic E-state index is 13.7. The third-order valence-corrected chi connectivity index (χ3v) is 7.23. The van der Waals surface area contributed by atoms with Crippen molar-refractivity contribution in [2.24, 2.45) is 0 Å². The summed E-state index contributed by atoms with van der Waals surface area (Å²) in [5.41, 5.74) is 0.865. The lowest BCUT2D eigenvalue weighted by Gasteiger charge is -2.27. The fourth-order valence-corrected chi connectivity index (χ4v) is 5.20. The number of thiophene rings is 1. The highest BCUT2D eigenvalue weighted by molar-refractivity contribution is 7.86. The van der Waals surface area contributed by atoms with Crippen LogP contribution in [0.1, 0.15) is 16.5 Å². The SMILES string of the molecule is CNC(=O)CN(c1ccc(Cl)cc1C(O)c1cccs1)S(=O)c1ccc(OC)c(OC)c1. The summed E-state index contributed by atoms with van der Waals surface area (Å²) in [6.45, 7) is -0.205. The number of likely N-dealkylation sites (N-methyl/N-ethyl adjacent to an activating group) is 1. The van der Waals surface area contributed by atoms with E-state index in [0.29, 0.717) is 37.5 Å². The van der Waals surface area contributed by atoms with Gasteiger partial charge in [-0.05, 0) is 41.8 Å². The van der Waals surface area contributed by atoms with Gasteiger partial charge in [0, 0.05) is 28.6 Å². The van der Waals surface area contributed by atoms with Gasteiger partial charge in [0.25, 0.3) is 0 Å². The second-order valence-electron chi connectivity index (χ2n) is 6.60. The van der Waals surface area contributed by atoms with Gasteiger partial charge in [-0.3, -0.25) is 9.10 Å². The summed E-state index contributed by atoms with van der Waals surface area (Å²) in [4.78, 5) is 13.4. The normalized spacial score (nSPS) is 12.7. The minimum atomic E-state index is -1.81. The molecule has 10 heteroatoms. The molecule has 2 N–H and O–H groups in total. The highest BCUT2D eigenvalue weighted by Gasteiger charge is 2.26. The smallest absolute Gasteiger partial charge is 0.240 e. The second-order valence-corrected chi connectivity index (χ2v) is 9.42. The number of hydrogen-bond acceptors (Lipinski definition) is 6. The van der Waals surface area contributed by atoms with Crippen LogP contribution in [0.5, 0.6) is 11.5 Å². The number of amides is 1. The Morgan fingerprint density at radius 3 is 2.56 bits per heavy atom. The van der Waals surface area contributed by atoms with E-state index in [1.54, 1.807) is 42.5 Å². The highest BCUT2D eigenvalue weighted by atomic mass is 35.5. The Kier molecular flexibility index (Phi) is 8.14. The number of carbonyl (C=O) groups excluding carboxylic acids is 1. The van der Waals surface area contributed by atoms with Crippen molar-refractivity contribution >= 4 is 45.5 Å². The number of nitrogens with one attached hydrogen (secondary N) is 1. The molecule has 0 saturated carbocycles. The van der Waals surface area contributed by atoms with Gasteiger partial charge in [0.05, 0.1) is 24.8 Å². The molecule has 0 aliphatic heterocycles. The molecule has 2 unspecified atom stereocenters. The summed E-state index contributed by atoms with van der Waals surface area (Å²) in [5, 5.41) is 15.8. The summed E-state index contributed by atoms with van der Waals surface area (Å²) in [6.07, 6.45) is -1.00. The van der Waals surface area contributed by atoms with E-state index < -0.39 is 17.1 Å². The number of methoxy groups -OCH3 is 2. The molecule has 0 bridgehead atoms. The molecule has 2 atom stereocenters. The van der Waals surface area contributed by atoms with Crippen molar-refractivity contribution in [2.45, 2.75) is 11.0 Å². The van der Waals surface area contributed by atoms with Crippen molar-refractivity contribution in [3.63, 3.8) is 0 Å². The number of ether oxygens (including phenoxy) is 2. The number of rotatable bonds is 9. The molecular weight excluding hydrogens is 472 g/mol. The van der Waals surface area contributed by atoms with E-state index in [4.69, 9.17) is 21.1 Å². The highest BCUT2D eigenvalue weighted by Crippen LogP contribution is 2.37. The first-order valence-corrected chi connectivity index (χ1v) is 11.9. The van der Waals surface area contributed by atoms with Crippen LogP contribution in [0.3, 0.4) is 0 Å². The van der Waals surface area contributed by atoms with Crippen LogP contribution in [0.2, 0.25) is 5.02 Å². The Bertz CT molecular complexity index is 1110. The van der Waals surface area contributed by atoms with Gasteiger partial charge in [0.15, 0.2) is 22.5 Å². The number of aliphatic hydroxyl groups excluding tert-OH is 1. The zero-order chi connectivity index (χ0) is 23.3. The summed E-state index contributed by atoms with van der Waals surface area (Å²) < 4.78 is 25.7. The lowest BCUT2D eigenvalue weighted by molar-refractivity contribution is -0.119. The number of anilines is 1. The van der Waals surface area contributed by atoms with E-state index in [-0.39, 0.29) is 12.5 Å². The molecule has 0 fully saturated rings. The average molecular weight is 495 g/mol. The Morgan fingerprint density at radius 1 is 1.19 bits per heavy atom. The van der Waals surface area contributed by atoms with Crippen molar-refractivity contribution in [3.8, 4) is 11.5 Å². The van der Waals surface area contributed by atoms with Gasteiger partial charge >= 0.3 is 0 Å². The maximum atomic E-state index is 13.7. The first kappa shape index (κ1) is 24.1. The van der Waals surface area contributed by atoms with Crippen molar-refractivity contribution in [2.75, 3.05) is 32.1 Å². The largest absolute Gasteiger partial charge is 0.493 e. The van der Waals surface area contributed by atoms with Gasteiger partial charge in [-0.2, -0.15) is 0 Å².